The van der Waals surface area contributed by atoms with Gasteiger partial charge < -0.3 is 14.6 Å². The van der Waals surface area contributed by atoms with Crippen molar-refractivity contribution in [3.8, 4) is 11.5 Å². The van der Waals surface area contributed by atoms with Crippen molar-refractivity contribution in [1.82, 2.24) is 4.31 Å². The molecule has 0 aliphatic carbocycles. The van der Waals surface area contributed by atoms with Gasteiger partial charge in [0.15, 0.2) is 11.5 Å². The van der Waals surface area contributed by atoms with Crippen molar-refractivity contribution in [3.63, 3.8) is 0 Å². The lowest BCUT2D eigenvalue weighted by molar-refractivity contribution is 0.223. The number of sulfonamides is 1. The molecule has 1 aromatic carbocycles. The number of nitrogens with zero attached hydrogens (tertiary/aromatic N) is 1. The van der Waals surface area contributed by atoms with Crippen molar-refractivity contribution in [2.75, 3.05) is 33.9 Å². The van der Waals surface area contributed by atoms with Gasteiger partial charge in [0.05, 0.1) is 19.1 Å². The van der Waals surface area contributed by atoms with E-state index in [-0.39, 0.29) is 23.3 Å². The zero-order valence-corrected chi connectivity index (χ0v) is 16.6. The zero-order chi connectivity index (χ0) is 18.9. The molecule has 26 heavy (non-hydrogen) atoms. The van der Waals surface area contributed by atoms with Crippen LogP contribution in [-0.2, 0) is 10.0 Å². The highest BCUT2D eigenvalue weighted by Crippen LogP contribution is 2.39. The molecule has 0 unspecified atom stereocenters. The van der Waals surface area contributed by atoms with Crippen LogP contribution in [0.5, 0.6) is 11.5 Å². The highest BCUT2D eigenvalue weighted by Gasteiger charge is 2.40. The maximum absolute atomic E-state index is 13.3. The van der Waals surface area contributed by atoms with Crippen LogP contribution in [0, 0.1) is 12.8 Å². The molecule has 2 atom stereocenters. The molecule has 1 saturated heterocycles. The predicted molar refractivity (Wildman–Crippen MR) is 101 cm³/mol. The molecule has 0 saturated carbocycles. The van der Waals surface area contributed by atoms with Gasteiger partial charge in [-0.15, -0.1) is 0 Å². The van der Waals surface area contributed by atoms with E-state index in [0.29, 0.717) is 30.2 Å². The molecule has 0 radical (unpaired) electrons. The molecule has 1 N–H and O–H groups in total. The number of ether oxygens (including phenoxy) is 2. The molecule has 3 rings (SSSR count). The molecule has 1 aliphatic heterocycles. The fourth-order valence-electron chi connectivity index (χ4n) is 3.46. The van der Waals surface area contributed by atoms with Crippen LogP contribution in [0.1, 0.15) is 17.0 Å². The van der Waals surface area contributed by atoms with Gasteiger partial charge in [0.2, 0.25) is 10.0 Å². The topological polar surface area (TPSA) is 76.1 Å². The second-order valence-electron chi connectivity index (χ2n) is 6.40. The number of methoxy groups -OCH3 is 2. The molecule has 142 valence electrons. The van der Waals surface area contributed by atoms with Crippen molar-refractivity contribution in [1.29, 1.82) is 0 Å². The Balaban J connectivity index is 1.96. The summed E-state index contributed by atoms with van der Waals surface area (Å²) in [4.78, 5) is 0.206. The van der Waals surface area contributed by atoms with E-state index in [1.165, 1.54) is 24.6 Å². The van der Waals surface area contributed by atoms with Gasteiger partial charge in [-0.2, -0.15) is 15.6 Å². The van der Waals surface area contributed by atoms with E-state index >= 15 is 0 Å². The molecule has 2 aromatic rings. The fraction of sp³-hybridized carbons (Fsp3) is 0.444. The molecule has 6 nitrogen and oxygen atoms in total. The van der Waals surface area contributed by atoms with Crippen LogP contribution >= 0.6 is 11.3 Å². The number of thiophene rings is 1. The van der Waals surface area contributed by atoms with E-state index in [4.69, 9.17) is 9.47 Å². The number of rotatable bonds is 6. The minimum absolute atomic E-state index is 0.00137. The van der Waals surface area contributed by atoms with E-state index in [1.54, 1.807) is 24.3 Å². The Bertz CT molecular complexity index is 864. The monoisotopic (exact) mass is 397 g/mol. The third-order valence-electron chi connectivity index (χ3n) is 4.91. The first kappa shape index (κ1) is 19.2. The third kappa shape index (κ3) is 3.34. The average molecular weight is 398 g/mol. The van der Waals surface area contributed by atoms with E-state index in [1.807, 2.05) is 16.8 Å². The first-order valence-electron chi connectivity index (χ1n) is 8.28. The van der Waals surface area contributed by atoms with Gasteiger partial charge >= 0.3 is 0 Å². The second-order valence-corrected chi connectivity index (χ2v) is 9.09. The molecule has 0 amide bonds. The largest absolute Gasteiger partial charge is 0.493 e. The van der Waals surface area contributed by atoms with Crippen molar-refractivity contribution >= 4 is 21.4 Å². The van der Waals surface area contributed by atoms with E-state index < -0.39 is 10.0 Å². The lowest BCUT2D eigenvalue weighted by Crippen LogP contribution is -2.30. The maximum Gasteiger partial charge on any atom is 0.243 e. The molecule has 0 spiro atoms. The molecular formula is C18H23NO5S2. The van der Waals surface area contributed by atoms with Gasteiger partial charge in [-0.25, -0.2) is 8.42 Å². The van der Waals surface area contributed by atoms with Crippen molar-refractivity contribution in [2.24, 2.45) is 5.92 Å². The van der Waals surface area contributed by atoms with Crippen LogP contribution in [0.15, 0.2) is 33.9 Å². The highest BCUT2D eigenvalue weighted by molar-refractivity contribution is 7.89. The number of aliphatic hydroxyl groups is 1. The molecule has 1 aromatic heterocycles. The average Bonchev–Trinajstić information content (AvgIpc) is 3.30. The highest BCUT2D eigenvalue weighted by atomic mass is 32.2. The Morgan fingerprint density at radius 1 is 1.23 bits per heavy atom. The number of aliphatic hydroxyl groups excluding tert-OH is 1. The van der Waals surface area contributed by atoms with Gasteiger partial charge in [-0.1, -0.05) is 0 Å². The van der Waals surface area contributed by atoms with Crippen LogP contribution < -0.4 is 9.47 Å². The Kier molecular flexibility index (Phi) is 5.57. The van der Waals surface area contributed by atoms with Crippen LogP contribution in [0.2, 0.25) is 0 Å². The minimum Gasteiger partial charge on any atom is -0.493 e. The number of hydrogen-bond acceptors (Lipinski definition) is 6. The van der Waals surface area contributed by atoms with Crippen LogP contribution in [0.3, 0.4) is 0 Å². The number of benzene rings is 1. The summed E-state index contributed by atoms with van der Waals surface area (Å²) in [7, 11) is -0.707. The summed E-state index contributed by atoms with van der Waals surface area (Å²) in [5.74, 6) is 0.764. The molecule has 1 aliphatic rings. The van der Waals surface area contributed by atoms with E-state index in [0.717, 1.165) is 5.56 Å². The summed E-state index contributed by atoms with van der Waals surface area (Å²) in [6.07, 6.45) is 0. The standard InChI is InChI=1S/C18H23NO5S2/c1-12-6-16(23-2)17(24-3)7-18(12)26(21,22)19-8-14(10-20)15(9-19)13-4-5-25-11-13/h4-7,11,14-15,20H,8-10H2,1-3H3/t14-,15+/m0/s1. The zero-order valence-electron chi connectivity index (χ0n) is 15.0. The third-order valence-corrected chi connectivity index (χ3v) is 7.59. The Labute approximate surface area is 158 Å². The van der Waals surface area contributed by atoms with Crippen LogP contribution in [0.25, 0.3) is 0 Å². The quantitative estimate of drug-likeness (QED) is 0.810. The Hall–Kier alpha value is -1.61. The summed E-state index contributed by atoms with van der Waals surface area (Å²) in [5.41, 5.74) is 1.68. The SMILES string of the molecule is COc1cc(C)c(S(=O)(=O)N2C[C@@H](CO)[C@@H](c3ccsc3)C2)cc1OC. The minimum atomic E-state index is -3.70. The summed E-state index contributed by atoms with van der Waals surface area (Å²) in [5, 5.41) is 13.7. The first-order chi connectivity index (χ1) is 12.4. The van der Waals surface area contributed by atoms with Crippen LogP contribution in [-0.4, -0.2) is 51.7 Å². The Morgan fingerprint density at radius 2 is 1.92 bits per heavy atom. The van der Waals surface area contributed by atoms with Crippen LogP contribution in [0.4, 0.5) is 0 Å². The molecule has 2 heterocycles. The first-order valence-corrected chi connectivity index (χ1v) is 10.7. The molecule has 0 bridgehead atoms. The number of aryl methyl sites for hydroxylation is 1. The smallest absolute Gasteiger partial charge is 0.243 e. The van der Waals surface area contributed by atoms with E-state index in [9.17, 15) is 13.5 Å². The van der Waals surface area contributed by atoms with Gasteiger partial charge in [0, 0.05) is 37.6 Å². The summed E-state index contributed by atoms with van der Waals surface area (Å²) in [6.45, 7) is 2.35. The lowest BCUT2D eigenvalue weighted by Gasteiger charge is -2.19. The van der Waals surface area contributed by atoms with Crippen molar-refractivity contribution in [3.05, 3.63) is 40.1 Å². The molecule has 8 heteroatoms. The van der Waals surface area contributed by atoms with Crippen molar-refractivity contribution < 1.29 is 23.0 Å². The van der Waals surface area contributed by atoms with Gasteiger partial charge in [-0.3, -0.25) is 0 Å². The summed E-state index contributed by atoms with van der Waals surface area (Å²) < 4.78 is 38.5. The second kappa shape index (κ2) is 7.56. The predicted octanol–water partition coefficient (Wildman–Crippen LogP) is 2.47. The van der Waals surface area contributed by atoms with Gasteiger partial charge in [-0.05, 0) is 40.9 Å². The van der Waals surface area contributed by atoms with Gasteiger partial charge in [0.1, 0.15) is 0 Å². The number of hydrogen-bond donors (Lipinski definition) is 1. The normalized spacial score (nSPS) is 21.1. The van der Waals surface area contributed by atoms with E-state index in [2.05, 4.69) is 0 Å². The van der Waals surface area contributed by atoms with Gasteiger partial charge in [0.25, 0.3) is 0 Å². The van der Waals surface area contributed by atoms with Crippen molar-refractivity contribution in [2.45, 2.75) is 17.7 Å². The Morgan fingerprint density at radius 3 is 2.50 bits per heavy atom. The summed E-state index contributed by atoms with van der Waals surface area (Å²) in [6, 6.07) is 5.17. The maximum atomic E-state index is 13.3. The lowest BCUT2D eigenvalue weighted by atomic mass is 9.92. The molecular weight excluding hydrogens is 374 g/mol. The summed E-state index contributed by atoms with van der Waals surface area (Å²) >= 11 is 1.58. The fourth-order valence-corrected chi connectivity index (χ4v) is 5.92. The molecule has 1 fully saturated rings.